The molecular formula is C22H28F3N5O3S. The Balaban J connectivity index is 1.38. The molecule has 1 atom stereocenters. The molecule has 2 aliphatic heterocycles. The first-order chi connectivity index (χ1) is 16.1. The number of carbonyl (C=O) groups is 1. The number of aryl methyl sites for hydroxylation is 1. The van der Waals surface area contributed by atoms with Crippen LogP contribution in [0.5, 0.6) is 0 Å². The molecule has 12 heteroatoms. The molecule has 0 N–H and O–H groups in total. The smallest absolute Gasteiger partial charge is 0.368 e. The number of amides is 1. The highest BCUT2D eigenvalue weighted by Gasteiger charge is 2.37. The predicted molar refractivity (Wildman–Crippen MR) is 120 cm³/mol. The molecule has 2 aromatic rings. The maximum atomic E-state index is 13.2. The zero-order valence-corrected chi connectivity index (χ0v) is 19.7. The quantitative estimate of drug-likeness (QED) is 0.632. The molecule has 0 aliphatic carbocycles. The van der Waals surface area contributed by atoms with E-state index < -0.39 is 27.7 Å². The number of piperidine rings is 1. The predicted octanol–water partition coefficient (Wildman–Crippen LogP) is 2.67. The second kappa shape index (κ2) is 9.57. The van der Waals surface area contributed by atoms with E-state index in [1.165, 1.54) is 22.9 Å². The van der Waals surface area contributed by atoms with Gasteiger partial charge in [0, 0.05) is 57.7 Å². The molecule has 1 amide bonds. The number of aromatic nitrogens is 2. The fourth-order valence-corrected chi connectivity index (χ4v) is 5.92. The Kier molecular flexibility index (Phi) is 6.90. The van der Waals surface area contributed by atoms with Crippen LogP contribution in [-0.2, 0) is 27.5 Å². The van der Waals surface area contributed by atoms with Gasteiger partial charge in [0.05, 0.1) is 17.8 Å². The summed E-state index contributed by atoms with van der Waals surface area (Å²) in [4.78, 5) is 20.7. The van der Waals surface area contributed by atoms with Crippen LogP contribution in [0.4, 0.5) is 18.9 Å². The van der Waals surface area contributed by atoms with Gasteiger partial charge in [-0.2, -0.15) is 17.5 Å². The minimum atomic E-state index is -4.41. The van der Waals surface area contributed by atoms with Gasteiger partial charge < -0.3 is 14.4 Å². The van der Waals surface area contributed by atoms with Crippen molar-refractivity contribution in [2.45, 2.75) is 37.5 Å². The van der Waals surface area contributed by atoms with E-state index >= 15 is 0 Å². The van der Waals surface area contributed by atoms with Crippen LogP contribution in [0.25, 0.3) is 0 Å². The van der Waals surface area contributed by atoms with Crippen LogP contribution in [0.1, 0.15) is 25.3 Å². The first-order valence-electron chi connectivity index (χ1n) is 11.3. The lowest BCUT2D eigenvalue weighted by molar-refractivity contribution is -0.137. The summed E-state index contributed by atoms with van der Waals surface area (Å²) in [5, 5.41) is -0.0165. The van der Waals surface area contributed by atoms with Crippen molar-refractivity contribution in [1.82, 2.24) is 18.8 Å². The fraction of sp³-hybridized carbons (Fsp3) is 0.545. The normalized spacial score (nSPS) is 20.5. The number of piperazine rings is 1. The van der Waals surface area contributed by atoms with E-state index in [1.807, 2.05) is 11.8 Å². The van der Waals surface area contributed by atoms with Crippen molar-refractivity contribution in [1.29, 1.82) is 0 Å². The third-order valence-electron chi connectivity index (χ3n) is 6.44. The third kappa shape index (κ3) is 5.07. The van der Waals surface area contributed by atoms with Crippen molar-refractivity contribution in [3.8, 4) is 0 Å². The number of imidazole rings is 1. The Hall–Kier alpha value is -2.60. The molecule has 0 radical (unpaired) electrons. The number of rotatable bonds is 5. The lowest BCUT2D eigenvalue weighted by atomic mass is 9.97. The monoisotopic (exact) mass is 499 g/mol. The number of halogens is 3. The molecule has 2 aliphatic rings. The molecule has 34 heavy (non-hydrogen) atoms. The van der Waals surface area contributed by atoms with E-state index in [2.05, 4.69) is 4.98 Å². The maximum Gasteiger partial charge on any atom is 0.416 e. The van der Waals surface area contributed by atoms with Crippen molar-refractivity contribution in [3.63, 3.8) is 0 Å². The topological polar surface area (TPSA) is 78.8 Å². The number of hydrogen-bond acceptors (Lipinski definition) is 5. The molecule has 1 aromatic carbocycles. The van der Waals surface area contributed by atoms with Gasteiger partial charge in [0.1, 0.15) is 0 Å². The maximum absolute atomic E-state index is 13.2. The Morgan fingerprint density at radius 1 is 1.15 bits per heavy atom. The second-order valence-corrected chi connectivity index (χ2v) is 10.5. The van der Waals surface area contributed by atoms with Gasteiger partial charge in [-0.05, 0) is 38.0 Å². The fourth-order valence-electron chi connectivity index (χ4n) is 4.46. The van der Waals surface area contributed by atoms with Crippen molar-refractivity contribution >= 4 is 21.6 Å². The van der Waals surface area contributed by atoms with Crippen LogP contribution in [-0.4, -0.2) is 72.3 Å². The van der Waals surface area contributed by atoms with E-state index in [4.69, 9.17) is 0 Å². The highest BCUT2D eigenvalue weighted by molar-refractivity contribution is 7.89. The van der Waals surface area contributed by atoms with Gasteiger partial charge in [-0.25, -0.2) is 13.4 Å². The molecule has 0 bridgehead atoms. The number of nitrogens with zero attached hydrogens (tertiary/aromatic N) is 5. The number of anilines is 1. The Bertz CT molecular complexity index is 1130. The summed E-state index contributed by atoms with van der Waals surface area (Å²) >= 11 is 0. The minimum absolute atomic E-state index is 0.0165. The molecular weight excluding hydrogens is 471 g/mol. The van der Waals surface area contributed by atoms with Crippen molar-refractivity contribution in [2.24, 2.45) is 5.92 Å². The third-order valence-corrected chi connectivity index (χ3v) is 8.19. The van der Waals surface area contributed by atoms with Crippen LogP contribution in [0, 0.1) is 5.92 Å². The number of benzene rings is 1. The van der Waals surface area contributed by atoms with Crippen LogP contribution in [0.3, 0.4) is 0 Å². The summed E-state index contributed by atoms with van der Waals surface area (Å²) in [6.07, 6.45) is -0.261. The average molecular weight is 500 g/mol. The summed E-state index contributed by atoms with van der Waals surface area (Å²) < 4.78 is 68.1. The summed E-state index contributed by atoms with van der Waals surface area (Å²) in [6.45, 7) is 4.52. The van der Waals surface area contributed by atoms with Gasteiger partial charge >= 0.3 is 6.18 Å². The van der Waals surface area contributed by atoms with Gasteiger partial charge in [-0.15, -0.1) is 0 Å². The summed E-state index contributed by atoms with van der Waals surface area (Å²) in [5.74, 6) is -0.556. The van der Waals surface area contributed by atoms with Crippen LogP contribution in [0.2, 0.25) is 0 Å². The number of hydrogen-bond donors (Lipinski definition) is 0. The zero-order valence-electron chi connectivity index (χ0n) is 18.9. The molecule has 2 saturated heterocycles. The molecule has 1 unspecified atom stereocenters. The molecule has 2 fully saturated rings. The largest absolute Gasteiger partial charge is 0.416 e. The number of alkyl halides is 3. The van der Waals surface area contributed by atoms with Crippen molar-refractivity contribution in [2.75, 3.05) is 44.2 Å². The number of sulfonamides is 1. The van der Waals surface area contributed by atoms with Crippen LogP contribution < -0.4 is 4.90 Å². The second-order valence-electron chi connectivity index (χ2n) is 8.60. The number of carbonyl (C=O) groups excluding carboxylic acids is 1. The first kappa shape index (κ1) is 24.5. The lowest BCUT2D eigenvalue weighted by Crippen LogP contribution is -2.53. The van der Waals surface area contributed by atoms with Gasteiger partial charge in [0.25, 0.3) is 10.0 Å². The van der Waals surface area contributed by atoms with Gasteiger partial charge in [0.15, 0.2) is 5.03 Å². The first-order valence-corrected chi connectivity index (χ1v) is 12.8. The minimum Gasteiger partial charge on any atom is -0.368 e. The van der Waals surface area contributed by atoms with E-state index in [0.717, 1.165) is 12.1 Å². The van der Waals surface area contributed by atoms with Gasteiger partial charge in [-0.1, -0.05) is 6.07 Å². The van der Waals surface area contributed by atoms with Gasteiger partial charge in [0.2, 0.25) is 5.91 Å². The van der Waals surface area contributed by atoms with E-state index in [0.29, 0.717) is 57.8 Å². The SMILES string of the molecule is CCn1cnc(S(=O)(=O)N2CCCC(C(=O)N3CCN(c4cccc(C(F)(F)F)c4)CC3)C2)c1. The molecule has 8 nitrogen and oxygen atoms in total. The highest BCUT2D eigenvalue weighted by atomic mass is 32.2. The van der Waals surface area contributed by atoms with Crippen LogP contribution >= 0.6 is 0 Å². The van der Waals surface area contributed by atoms with E-state index in [-0.39, 0.29) is 17.5 Å². The summed E-state index contributed by atoms with van der Waals surface area (Å²) in [5.41, 5.74) is -0.223. The lowest BCUT2D eigenvalue weighted by Gasteiger charge is -2.39. The average Bonchev–Trinajstić information content (AvgIpc) is 3.34. The Morgan fingerprint density at radius 2 is 1.88 bits per heavy atom. The Labute approximate surface area is 197 Å². The van der Waals surface area contributed by atoms with E-state index in [9.17, 15) is 26.4 Å². The summed E-state index contributed by atoms with van der Waals surface area (Å²) in [7, 11) is -3.78. The standard InChI is InChI=1S/C22H28F3N5O3S/c1-2-27-15-20(26-16-27)34(32,33)30-8-4-5-17(14-30)21(31)29-11-9-28(10-12-29)19-7-3-6-18(13-19)22(23,24)25/h3,6-7,13,15-17H,2,4-5,8-12,14H2,1H3. The van der Waals surface area contributed by atoms with Gasteiger partial charge in [-0.3, -0.25) is 4.79 Å². The van der Waals surface area contributed by atoms with Crippen molar-refractivity contribution in [3.05, 3.63) is 42.4 Å². The molecule has 186 valence electrons. The summed E-state index contributed by atoms with van der Waals surface area (Å²) in [6, 6.07) is 5.19. The highest BCUT2D eigenvalue weighted by Crippen LogP contribution is 2.32. The Morgan fingerprint density at radius 3 is 2.53 bits per heavy atom. The molecule has 3 heterocycles. The van der Waals surface area contributed by atoms with Crippen molar-refractivity contribution < 1.29 is 26.4 Å². The zero-order chi connectivity index (χ0) is 24.5. The molecule has 0 saturated carbocycles. The molecule has 0 spiro atoms. The molecule has 1 aromatic heterocycles. The molecule has 4 rings (SSSR count). The van der Waals surface area contributed by atoms with E-state index in [1.54, 1.807) is 15.5 Å². The van der Waals surface area contributed by atoms with Crippen LogP contribution in [0.15, 0.2) is 41.8 Å².